The fourth-order valence-corrected chi connectivity index (χ4v) is 5.43. The largest absolute Gasteiger partial charge is 0.497 e. The second kappa shape index (κ2) is 10.7. The third-order valence-corrected chi connectivity index (χ3v) is 7.97. The predicted octanol–water partition coefficient (Wildman–Crippen LogP) is 4.12. The van der Waals surface area contributed by atoms with Gasteiger partial charge in [-0.05, 0) is 73.5 Å². The van der Waals surface area contributed by atoms with Gasteiger partial charge in [-0.1, -0.05) is 23.7 Å². The van der Waals surface area contributed by atoms with Crippen molar-refractivity contribution in [1.82, 2.24) is 5.32 Å². The molecule has 0 aromatic heterocycles. The van der Waals surface area contributed by atoms with E-state index in [1.165, 1.54) is 25.3 Å². The Morgan fingerprint density at radius 2 is 1.89 bits per heavy atom. The molecule has 0 radical (unpaired) electrons. The zero-order valence-electron chi connectivity index (χ0n) is 20.2. The standard InChI is InChI=1S/C26H27ClN2O6S/c1-17-5-4-6-23(18(17)2)34-14-13-28-26(30)25-16-29(22-15-19(27)7-12-24(22)35-25)36(31,32)21-10-8-20(33-3)9-11-21/h4-12,15,25H,13-14,16H2,1-3H3,(H,28,30)/t25-/m1/s1. The van der Waals surface area contributed by atoms with Gasteiger partial charge in [0.25, 0.3) is 15.9 Å². The molecule has 8 nitrogen and oxygen atoms in total. The maximum atomic E-state index is 13.5. The van der Waals surface area contributed by atoms with Gasteiger partial charge in [-0.3, -0.25) is 9.10 Å². The molecule has 190 valence electrons. The molecule has 1 N–H and O–H groups in total. The highest BCUT2D eigenvalue weighted by atomic mass is 35.5. The second-order valence-corrected chi connectivity index (χ2v) is 10.6. The molecule has 1 aliphatic heterocycles. The zero-order chi connectivity index (χ0) is 25.9. The van der Waals surface area contributed by atoms with Gasteiger partial charge in [-0.2, -0.15) is 0 Å². The summed E-state index contributed by atoms with van der Waals surface area (Å²) in [4.78, 5) is 13.0. The Morgan fingerprint density at radius 1 is 1.14 bits per heavy atom. The van der Waals surface area contributed by atoms with Gasteiger partial charge in [-0.25, -0.2) is 8.42 Å². The molecular formula is C26H27ClN2O6S. The molecule has 0 spiro atoms. The van der Waals surface area contributed by atoms with Gasteiger partial charge in [-0.15, -0.1) is 0 Å². The number of nitrogens with one attached hydrogen (secondary N) is 1. The highest BCUT2D eigenvalue weighted by Gasteiger charge is 2.37. The Kier molecular flexibility index (Phi) is 7.61. The van der Waals surface area contributed by atoms with E-state index in [1.807, 2.05) is 32.0 Å². The molecule has 10 heteroatoms. The topological polar surface area (TPSA) is 94.2 Å². The van der Waals surface area contributed by atoms with Crippen LogP contribution in [0.25, 0.3) is 0 Å². The first-order chi connectivity index (χ1) is 17.2. The molecule has 3 aromatic rings. The number of sulfonamides is 1. The highest BCUT2D eigenvalue weighted by Crippen LogP contribution is 2.39. The number of ether oxygens (including phenoxy) is 3. The summed E-state index contributed by atoms with van der Waals surface area (Å²) in [5, 5.41) is 3.12. The van der Waals surface area contributed by atoms with E-state index in [0.29, 0.717) is 10.8 Å². The number of halogens is 1. The van der Waals surface area contributed by atoms with Crippen LogP contribution in [0.1, 0.15) is 11.1 Å². The first-order valence-corrected chi connectivity index (χ1v) is 13.1. The van der Waals surface area contributed by atoms with E-state index >= 15 is 0 Å². The molecule has 0 fully saturated rings. The van der Waals surface area contributed by atoms with Gasteiger partial charge in [0.1, 0.15) is 23.9 Å². The average molecular weight is 531 g/mol. The molecule has 1 heterocycles. The smallest absolute Gasteiger partial charge is 0.264 e. The summed E-state index contributed by atoms with van der Waals surface area (Å²) in [6.07, 6.45) is -1.06. The molecule has 0 saturated carbocycles. The zero-order valence-corrected chi connectivity index (χ0v) is 21.7. The summed E-state index contributed by atoms with van der Waals surface area (Å²) in [6, 6.07) is 16.4. The van der Waals surface area contributed by atoms with Gasteiger partial charge in [0.15, 0.2) is 6.10 Å². The van der Waals surface area contributed by atoms with Crippen LogP contribution in [0.15, 0.2) is 65.6 Å². The Labute approximate surface area is 215 Å². The number of aryl methyl sites for hydroxylation is 1. The molecular weight excluding hydrogens is 504 g/mol. The number of nitrogens with zero attached hydrogens (tertiary/aromatic N) is 1. The Bertz CT molecular complexity index is 1360. The Hall–Kier alpha value is -3.43. The number of hydrogen-bond donors (Lipinski definition) is 1. The van der Waals surface area contributed by atoms with Crippen LogP contribution in [0.4, 0.5) is 5.69 Å². The van der Waals surface area contributed by atoms with E-state index in [4.69, 9.17) is 25.8 Å². The molecule has 3 aromatic carbocycles. The quantitative estimate of drug-likeness (QED) is 0.440. The van der Waals surface area contributed by atoms with Gasteiger partial charge in [0.05, 0.1) is 30.8 Å². The fourth-order valence-electron chi connectivity index (χ4n) is 3.79. The minimum absolute atomic E-state index is 0.0530. The minimum atomic E-state index is -4.02. The third-order valence-electron chi connectivity index (χ3n) is 5.94. The molecule has 1 atom stereocenters. The van der Waals surface area contributed by atoms with Crippen molar-refractivity contribution in [3.8, 4) is 17.2 Å². The number of amides is 1. The molecule has 0 saturated heterocycles. The molecule has 0 aliphatic carbocycles. The van der Waals surface area contributed by atoms with Crippen molar-refractivity contribution in [3.63, 3.8) is 0 Å². The molecule has 1 amide bonds. The van der Waals surface area contributed by atoms with Gasteiger partial charge in [0.2, 0.25) is 0 Å². The maximum absolute atomic E-state index is 13.5. The van der Waals surface area contributed by atoms with E-state index in [1.54, 1.807) is 24.3 Å². The number of rotatable bonds is 8. The van der Waals surface area contributed by atoms with Crippen LogP contribution in [-0.2, 0) is 14.8 Å². The van der Waals surface area contributed by atoms with Crippen LogP contribution in [0.3, 0.4) is 0 Å². The molecule has 1 aliphatic rings. The van der Waals surface area contributed by atoms with Gasteiger partial charge < -0.3 is 19.5 Å². The van der Waals surface area contributed by atoms with Crippen molar-refractivity contribution < 1.29 is 27.4 Å². The summed E-state index contributed by atoms with van der Waals surface area (Å²) in [6.45, 7) is 4.24. The van der Waals surface area contributed by atoms with Crippen molar-refractivity contribution in [2.45, 2.75) is 24.8 Å². The lowest BCUT2D eigenvalue weighted by Crippen LogP contribution is -2.51. The Morgan fingerprint density at radius 3 is 2.61 bits per heavy atom. The average Bonchev–Trinajstić information content (AvgIpc) is 2.88. The van der Waals surface area contributed by atoms with E-state index in [9.17, 15) is 13.2 Å². The molecule has 0 unspecified atom stereocenters. The number of benzene rings is 3. The minimum Gasteiger partial charge on any atom is -0.497 e. The lowest BCUT2D eigenvalue weighted by Gasteiger charge is -2.34. The number of anilines is 1. The number of methoxy groups -OCH3 is 1. The summed E-state index contributed by atoms with van der Waals surface area (Å²) in [5.41, 5.74) is 2.42. The van der Waals surface area contributed by atoms with Crippen LogP contribution in [0.2, 0.25) is 5.02 Å². The van der Waals surface area contributed by atoms with E-state index in [0.717, 1.165) is 21.2 Å². The first-order valence-electron chi connectivity index (χ1n) is 11.3. The monoisotopic (exact) mass is 530 g/mol. The summed E-state index contributed by atoms with van der Waals surface area (Å²) in [7, 11) is -2.52. The van der Waals surface area contributed by atoms with E-state index in [2.05, 4.69) is 5.32 Å². The molecule has 0 bridgehead atoms. The van der Waals surface area contributed by atoms with Gasteiger partial charge in [0, 0.05) is 5.02 Å². The second-order valence-electron chi connectivity index (χ2n) is 8.27. The molecule has 36 heavy (non-hydrogen) atoms. The van der Waals surface area contributed by atoms with Crippen LogP contribution in [-0.4, -0.2) is 47.2 Å². The normalized spacial score (nSPS) is 15.0. The van der Waals surface area contributed by atoms with Crippen LogP contribution in [0, 0.1) is 13.8 Å². The summed E-state index contributed by atoms with van der Waals surface area (Å²) in [5.74, 6) is 1.07. The summed E-state index contributed by atoms with van der Waals surface area (Å²) >= 11 is 6.15. The van der Waals surface area contributed by atoms with E-state index in [-0.39, 0.29) is 36.0 Å². The first kappa shape index (κ1) is 25.7. The highest BCUT2D eigenvalue weighted by molar-refractivity contribution is 7.92. The lowest BCUT2D eigenvalue weighted by atomic mass is 10.1. The summed E-state index contributed by atoms with van der Waals surface area (Å²) < 4.78 is 45.0. The molecule has 4 rings (SSSR count). The van der Waals surface area contributed by atoms with Crippen molar-refractivity contribution >= 4 is 33.2 Å². The number of carbonyl (C=O) groups is 1. The van der Waals surface area contributed by atoms with Crippen molar-refractivity contribution in [2.75, 3.05) is 31.1 Å². The lowest BCUT2D eigenvalue weighted by molar-refractivity contribution is -0.127. The van der Waals surface area contributed by atoms with Gasteiger partial charge >= 0.3 is 0 Å². The van der Waals surface area contributed by atoms with Crippen molar-refractivity contribution in [1.29, 1.82) is 0 Å². The van der Waals surface area contributed by atoms with Crippen LogP contribution in [0.5, 0.6) is 17.2 Å². The van der Waals surface area contributed by atoms with Crippen LogP contribution >= 0.6 is 11.6 Å². The SMILES string of the molecule is COc1ccc(S(=O)(=O)N2C[C@H](C(=O)NCCOc3cccc(C)c3C)Oc3ccc(Cl)cc32)cc1. The van der Waals surface area contributed by atoms with Crippen molar-refractivity contribution in [3.05, 3.63) is 76.8 Å². The maximum Gasteiger partial charge on any atom is 0.264 e. The number of hydrogen-bond acceptors (Lipinski definition) is 6. The third kappa shape index (κ3) is 5.37. The van der Waals surface area contributed by atoms with Crippen molar-refractivity contribution in [2.24, 2.45) is 0 Å². The van der Waals surface area contributed by atoms with Crippen LogP contribution < -0.4 is 23.8 Å². The predicted molar refractivity (Wildman–Crippen MR) is 138 cm³/mol. The number of fused-ring (bicyclic) bond motifs is 1. The Balaban J connectivity index is 1.49. The van der Waals surface area contributed by atoms with E-state index < -0.39 is 22.0 Å². The fraction of sp³-hybridized carbons (Fsp3) is 0.269. The number of carbonyl (C=O) groups excluding carboxylic acids is 1.